The van der Waals surface area contributed by atoms with Crippen LogP contribution in [-0.2, 0) is 4.74 Å². The van der Waals surface area contributed by atoms with Crippen molar-refractivity contribution in [2.45, 2.75) is 18.9 Å². The molecule has 3 heterocycles. The molecule has 0 saturated carbocycles. The van der Waals surface area contributed by atoms with E-state index in [-0.39, 0.29) is 0 Å². The van der Waals surface area contributed by atoms with Crippen LogP contribution in [-0.4, -0.2) is 55.9 Å². The fourth-order valence-corrected chi connectivity index (χ4v) is 3.26. The molecule has 0 spiro atoms. The molecule has 2 bridgehead atoms. The fourth-order valence-electron chi connectivity index (χ4n) is 3.08. The number of rotatable bonds is 5. The summed E-state index contributed by atoms with van der Waals surface area (Å²) in [7, 11) is 1.69. The summed E-state index contributed by atoms with van der Waals surface area (Å²) in [6.45, 7) is 4.56. The van der Waals surface area contributed by atoms with Crippen LogP contribution < -0.4 is 10.6 Å². The van der Waals surface area contributed by atoms with Gasteiger partial charge in [-0.2, -0.15) is 0 Å². The number of fused-ring (bicyclic) bond motifs is 3. The molecule has 0 aromatic carbocycles. The highest BCUT2D eigenvalue weighted by Crippen LogP contribution is 2.35. The lowest BCUT2D eigenvalue weighted by atomic mass is 9.76. The van der Waals surface area contributed by atoms with Crippen molar-refractivity contribution in [1.82, 2.24) is 15.5 Å². The maximum Gasteiger partial charge on any atom is 0.166 e. The lowest BCUT2D eigenvalue weighted by Crippen LogP contribution is -2.57. The predicted molar refractivity (Wildman–Crippen MR) is 80.9 cm³/mol. The Bertz CT molecular complexity index is 355. The Hall–Kier alpha value is -0.830. The van der Waals surface area contributed by atoms with Gasteiger partial charge in [0.15, 0.2) is 5.11 Å². The molecule has 3 rings (SSSR count). The number of hydrogen-bond acceptors (Lipinski definition) is 3. The molecule has 0 amide bonds. The Labute approximate surface area is 121 Å². The summed E-state index contributed by atoms with van der Waals surface area (Å²) < 4.78 is 4.97. The van der Waals surface area contributed by atoms with Crippen molar-refractivity contribution >= 4 is 17.3 Å². The van der Waals surface area contributed by atoms with Crippen molar-refractivity contribution in [3.8, 4) is 12.3 Å². The average molecular weight is 281 g/mol. The van der Waals surface area contributed by atoms with E-state index in [1.165, 1.54) is 19.4 Å². The van der Waals surface area contributed by atoms with Crippen molar-refractivity contribution in [3.05, 3.63) is 0 Å². The van der Waals surface area contributed by atoms with E-state index in [0.717, 1.165) is 19.6 Å². The van der Waals surface area contributed by atoms with Crippen molar-refractivity contribution in [2.24, 2.45) is 11.8 Å². The minimum absolute atomic E-state index is 0.455. The van der Waals surface area contributed by atoms with Crippen LogP contribution in [0.1, 0.15) is 12.8 Å². The van der Waals surface area contributed by atoms with E-state index in [1.54, 1.807) is 7.11 Å². The Morgan fingerprint density at radius 3 is 3.00 bits per heavy atom. The third-order valence-corrected chi connectivity index (χ3v) is 4.47. The lowest BCUT2D eigenvalue weighted by molar-refractivity contribution is 0.0248. The van der Waals surface area contributed by atoms with E-state index >= 15 is 0 Å². The first-order chi connectivity index (χ1) is 9.24. The number of terminal acetylenes is 1. The van der Waals surface area contributed by atoms with Crippen LogP contribution in [0.25, 0.3) is 0 Å². The second-order valence-corrected chi connectivity index (χ2v) is 5.74. The summed E-state index contributed by atoms with van der Waals surface area (Å²) in [5, 5.41) is 7.15. The number of thiocarbonyl (C=S) groups is 1. The third-order valence-electron chi connectivity index (χ3n) is 4.18. The van der Waals surface area contributed by atoms with Crippen LogP contribution in [0, 0.1) is 24.2 Å². The number of methoxy groups -OCH3 is 1. The van der Waals surface area contributed by atoms with Crippen LogP contribution in [0.2, 0.25) is 0 Å². The van der Waals surface area contributed by atoms with E-state index in [0.29, 0.717) is 29.6 Å². The summed E-state index contributed by atoms with van der Waals surface area (Å²) in [6.07, 6.45) is 8.04. The maximum absolute atomic E-state index is 5.59. The van der Waals surface area contributed by atoms with Crippen molar-refractivity contribution in [1.29, 1.82) is 0 Å². The molecule has 4 atom stereocenters. The molecular formula is C14H23N3OS. The molecule has 0 aromatic heterocycles. The average Bonchev–Trinajstić information content (AvgIpc) is 2.46. The minimum atomic E-state index is 0.455. The van der Waals surface area contributed by atoms with Gasteiger partial charge in [0, 0.05) is 38.7 Å². The highest BCUT2D eigenvalue weighted by atomic mass is 32.1. The van der Waals surface area contributed by atoms with Gasteiger partial charge in [0.05, 0.1) is 6.61 Å². The molecular weight excluding hydrogens is 258 g/mol. The molecule has 0 aliphatic carbocycles. The number of piperidine rings is 3. The lowest BCUT2D eigenvalue weighted by Gasteiger charge is -2.48. The Morgan fingerprint density at radius 1 is 1.53 bits per heavy atom. The molecule has 3 saturated heterocycles. The second kappa shape index (κ2) is 7.09. The van der Waals surface area contributed by atoms with Gasteiger partial charge in [0.2, 0.25) is 0 Å². The zero-order valence-electron chi connectivity index (χ0n) is 11.5. The largest absolute Gasteiger partial charge is 0.383 e. The zero-order chi connectivity index (χ0) is 13.7. The number of nitrogens with zero attached hydrogens (tertiary/aromatic N) is 1. The molecule has 3 aliphatic rings. The molecule has 2 N–H and O–H groups in total. The van der Waals surface area contributed by atoms with Gasteiger partial charge in [-0.3, -0.25) is 4.90 Å². The van der Waals surface area contributed by atoms with Crippen molar-refractivity contribution in [3.63, 3.8) is 0 Å². The van der Waals surface area contributed by atoms with Gasteiger partial charge >= 0.3 is 0 Å². The standard InChI is InChI=1S/C14H23N3OS/c1-3-11-10-17-6-4-12(11)8-13(17)9-16-14(19)15-5-7-18-2/h1,11-13H,4-10H2,2H3,(H2,15,16,19). The van der Waals surface area contributed by atoms with Crippen LogP contribution in [0.4, 0.5) is 0 Å². The smallest absolute Gasteiger partial charge is 0.166 e. The minimum Gasteiger partial charge on any atom is -0.383 e. The van der Waals surface area contributed by atoms with E-state index in [1.807, 2.05) is 0 Å². The molecule has 3 aliphatic heterocycles. The molecule has 106 valence electrons. The second-order valence-electron chi connectivity index (χ2n) is 5.34. The Kier molecular flexibility index (Phi) is 5.44. The zero-order valence-corrected chi connectivity index (χ0v) is 12.3. The van der Waals surface area contributed by atoms with E-state index in [4.69, 9.17) is 23.4 Å². The molecule has 0 aromatic rings. The molecule has 5 heteroatoms. The molecule has 0 radical (unpaired) electrons. The van der Waals surface area contributed by atoms with Crippen LogP contribution >= 0.6 is 12.2 Å². The highest BCUT2D eigenvalue weighted by molar-refractivity contribution is 7.80. The summed E-state index contributed by atoms with van der Waals surface area (Å²) in [4.78, 5) is 2.51. The first-order valence-electron chi connectivity index (χ1n) is 6.95. The fraction of sp³-hybridized carbons (Fsp3) is 0.786. The van der Waals surface area contributed by atoms with Crippen molar-refractivity contribution in [2.75, 3.05) is 39.9 Å². The van der Waals surface area contributed by atoms with Gasteiger partial charge in [-0.15, -0.1) is 12.3 Å². The highest BCUT2D eigenvalue weighted by Gasteiger charge is 2.38. The van der Waals surface area contributed by atoms with Gasteiger partial charge in [-0.25, -0.2) is 0 Å². The Morgan fingerprint density at radius 2 is 2.37 bits per heavy atom. The summed E-state index contributed by atoms with van der Waals surface area (Å²) in [6, 6.07) is 0.575. The SMILES string of the molecule is C#CC1CN2CCC1CC2CNC(=S)NCCOC. The molecule has 4 unspecified atom stereocenters. The monoisotopic (exact) mass is 281 g/mol. The topological polar surface area (TPSA) is 36.5 Å². The van der Waals surface area contributed by atoms with Crippen molar-refractivity contribution < 1.29 is 4.74 Å². The predicted octanol–water partition coefficient (Wildman–Crippen LogP) is 0.441. The quantitative estimate of drug-likeness (QED) is 0.434. The van der Waals surface area contributed by atoms with Crippen LogP contribution in [0.5, 0.6) is 0 Å². The maximum atomic E-state index is 5.59. The normalized spacial score (nSPS) is 32.6. The first kappa shape index (κ1) is 14.6. The third kappa shape index (κ3) is 3.82. The summed E-state index contributed by atoms with van der Waals surface area (Å²) in [5.41, 5.74) is 0. The van der Waals surface area contributed by atoms with Gasteiger partial charge < -0.3 is 15.4 Å². The van der Waals surface area contributed by atoms with Gasteiger partial charge in [0.25, 0.3) is 0 Å². The van der Waals surface area contributed by atoms with Gasteiger partial charge in [-0.05, 0) is 37.5 Å². The molecule has 19 heavy (non-hydrogen) atoms. The van der Waals surface area contributed by atoms with Gasteiger partial charge in [0.1, 0.15) is 0 Å². The molecule has 4 nitrogen and oxygen atoms in total. The number of nitrogens with one attached hydrogen (secondary N) is 2. The van der Waals surface area contributed by atoms with Gasteiger partial charge in [-0.1, -0.05) is 0 Å². The van der Waals surface area contributed by atoms with E-state index in [9.17, 15) is 0 Å². The van der Waals surface area contributed by atoms with E-state index < -0.39 is 0 Å². The summed E-state index contributed by atoms with van der Waals surface area (Å²) >= 11 is 5.24. The first-order valence-corrected chi connectivity index (χ1v) is 7.36. The summed E-state index contributed by atoms with van der Waals surface area (Å²) in [5.74, 6) is 4.10. The van der Waals surface area contributed by atoms with E-state index in [2.05, 4.69) is 21.5 Å². The molecule has 3 fully saturated rings. The number of hydrogen-bond donors (Lipinski definition) is 2. The Balaban J connectivity index is 1.70. The van der Waals surface area contributed by atoms with Crippen LogP contribution in [0.3, 0.4) is 0 Å². The van der Waals surface area contributed by atoms with Crippen LogP contribution in [0.15, 0.2) is 0 Å². The number of ether oxygens (including phenoxy) is 1.